The number of hydrogen-bond donors (Lipinski definition) is 0. The van der Waals surface area contributed by atoms with E-state index in [9.17, 15) is 0 Å². The van der Waals surface area contributed by atoms with Crippen LogP contribution in [-0.2, 0) is 0 Å². The van der Waals surface area contributed by atoms with Crippen molar-refractivity contribution in [2.75, 3.05) is 0 Å². The maximum atomic E-state index is 2.40. The second kappa shape index (κ2) is 22.3. The minimum Gasteiger partial charge on any atom is -0.0651 e. The highest BCUT2D eigenvalue weighted by Gasteiger charge is 1.99. The molecule has 0 aromatic carbocycles. The van der Waals surface area contributed by atoms with Gasteiger partial charge in [-0.15, -0.1) is 0 Å². The highest BCUT2D eigenvalue weighted by molar-refractivity contribution is 4.54. The smallest absolute Gasteiger partial charge is 0.0445 e. The van der Waals surface area contributed by atoms with Gasteiger partial charge in [0.2, 0.25) is 0 Å². The van der Waals surface area contributed by atoms with Gasteiger partial charge in [-0.05, 0) is 11.8 Å². The molecular weight excluding hydrogens is 324 g/mol. The van der Waals surface area contributed by atoms with Crippen molar-refractivity contribution >= 4 is 0 Å². The van der Waals surface area contributed by atoms with Crippen molar-refractivity contribution in [2.45, 2.75) is 163 Å². The fourth-order valence-electron chi connectivity index (χ4n) is 4.05. The first-order valence-corrected chi connectivity index (χ1v) is 13.2. The normalized spacial score (nSPS) is 13.8. The Balaban J connectivity index is 3.03. The van der Waals surface area contributed by atoms with Gasteiger partial charge >= 0.3 is 0 Å². The zero-order valence-corrected chi connectivity index (χ0v) is 20.0. The first-order valence-electron chi connectivity index (χ1n) is 13.2. The van der Waals surface area contributed by atoms with Crippen LogP contribution in [0.15, 0.2) is 0 Å². The van der Waals surface area contributed by atoms with Crippen molar-refractivity contribution in [1.29, 1.82) is 0 Å². The standard InChI is InChI=1S/C27H56/c1-5-26(3)24-22-20-18-16-14-12-10-8-7-9-11-13-15-17-19-21-23-25-27(4)6-2/h26-27H,5-25H2,1-4H3. The van der Waals surface area contributed by atoms with Gasteiger partial charge in [0, 0.05) is 0 Å². The molecule has 0 aliphatic heterocycles. The number of hydrogen-bond acceptors (Lipinski definition) is 0. The molecule has 0 radical (unpaired) electrons. The fourth-order valence-corrected chi connectivity index (χ4v) is 4.05. The summed E-state index contributed by atoms with van der Waals surface area (Å²) in [6, 6.07) is 0. The summed E-state index contributed by atoms with van der Waals surface area (Å²) in [5.41, 5.74) is 0. The Morgan fingerprint density at radius 3 is 0.704 bits per heavy atom. The van der Waals surface area contributed by atoms with Gasteiger partial charge in [-0.1, -0.05) is 163 Å². The highest BCUT2D eigenvalue weighted by Crippen LogP contribution is 2.17. The van der Waals surface area contributed by atoms with Crippen LogP contribution in [0.1, 0.15) is 163 Å². The van der Waals surface area contributed by atoms with Crippen LogP contribution in [-0.4, -0.2) is 0 Å². The van der Waals surface area contributed by atoms with Gasteiger partial charge < -0.3 is 0 Å². The van der Waals surface area contributed by atoms with Crippen molar-refractivity contribution in [1.82, 2.24) is 0 Å². The molecule has 0 bridgehead atoms. The van der Waals surface area contributed by atoms with Crippen molar-refractivity contribution < 1.29 is 0 Å². The summed E-state index contributed by atoms with van der Waals surface area (Å²) in [5.74, 6) is 1.90. The monoisotopic (exact) mass is 380 g/mol. The third-order valence-electron chi connectivity index (χ3n) is 6.79. The number of rotatable bonds is 22. The average molecular weight is 381 g/mol. The molecule has 2 unspecified atom stereocenters. The van der Waals surface area contributed by atoms with E-state index in [0.717, 1.165) is 11.8 Å². The third-order valence-corrected chi connectivity index (χ3v) is 6.79. The zero-order valence-electron chi connectivity index (χ0n) is 20.0. The average Bonchev–Trinajstić information content (AvgIpc) is 2.69. The first-order chi connectivity index (χ1) is 13.2. The van der Waals surface area contributed by atoms with E-state index < -0.39 is 0 Å². The van der Waals surface area contributed by atoms with E-state index in [4.69, 9.17) is 0 Å². The Bertz CT molecular complexity index is 231. The lowest BCUT2D eigenvalue weighted by Gasteiger charge is -2.07. The van der Waals surface area contributed by atoms with E-state index in [1.165, 1.54) is 135 Å². The molecule has 0 spiro atoms. The van der Waals surface area contributed by atoms with Crippen molar-refractivity contribution in [2.24, 2.45) is 11.8 Å². The summed E-state index contributed by atoms with van der Waals surface area (Å²) in [7, 11) is 0. The van der Waals surface area contributed by atoms with Crippen molar-refractivity contribution in [3.8, 4) is 0 Å². The molecule has 0 aliphatic carbocycles. The summed E-state index contributed by atoms with van der Waals surface area (Å²) in [6.07, 6.45) is 30.8. The minimum absolute atomic E-state index is 0.949. The van der Waals surface area contributed by atoms with Crippen LogP contribution in [0.3, 0.4) is 0 Å². The fraction of sp³-hybridized carbons (Fsp3) is 1.00. The van der Waals surface area contributed by atoms with E-state index in [2.05, 4.69) is 27.7 Å². The Morgan fingerprint density at radius 2 is 0.519 bits per heavy atom. The van der Waals surface area contributed by atoms with E-state index in [1.807, 2.05) is 0 Å². The van der Waals surface area contributed by atoms with Crippen molar-refractivity contribution in [3.63, 3.8) is 0 Å². The lowest BCUT2D eigenvalue weighted by atomic mass is 9.99. The van der Waals surface area contributed by atoms with Gasteiger partial charge in [0.05, 0.1) is 0 Å². The molecule has 0 heterocycles. The highest BCUT2D eigenvalue weighted by atomic mass is 14.1. The van der Waals surface area contributed by atoms with E-state index in [1.54, 1.807) is 0 Å². The maximum absolute atomic E-state index is 2.40. The summed E-state index contributed by atoms with van der Waals surface area (Å²) >= 11 is 0. The van der Waals surface area contributed by atoms with Gasteiger partial charge in [-0.2, -0.15) is 0 Å². The molecule has 0 fully saturated rings. The quantitative estimate of drug-likeness (QED) is 0.164. The molecule has 164 valence electrons. The van der Waals surface area contributed by atoms with Crippen LogP contribution in [0.5, 0.6) is 0 Å². The molecule has 0 saturated carbocycles. The van der Waals surface area contributed by atoms with Gasteiger partial charge in [0.15, 0.2) is 0 Å². The van der Waals surface area contributed by atoms with Crippen LogP contribution >= 0.6 is 0 Å². The molecule has 0 aromatic rings. The predicted octanol–water partition coefficient (Wildman–Crippen LogP) is 10.5. The Hall–Kier alpha value is 0. The van der Waals surface area contributed by atoms with Gasteiger partial charge in [0.1, 0.15) is 0 Å². The number of unbranched alkanes of at least 4 members (excludes halogenated alkanes) is 16. The van der Waals surface area contributed by atoms with Gasteiger partial charge in [-0.25, -0.2) is 0 Å². The van der Waals surface area contributed by atoms with Crippen LogP contribution in [0, 0.1) is 11.8 Å². The summed E-state index contributed by atoms with van der Waals surface area (Å²) in [6.45, 7) is 9.44. The Labute approximate surface area is 174 Å². The van der Waals surface area contributed by atoms with Crippen LogP contribution in [0.4, 0.5) is 0 Å². The molecule has 2 atom stereocenters. The molecule has 27 heavy (non-hydrogen) atoms. The molecule has 0 N–H and O–H groups in total. The van der Waals surface area contributed by atoms with Crippen LogP contribution < -0.4 is 0 Å². The summed E-state index contributed by atoms with van der Waals surface area (Å²) in [4.78, 5) is 0. The molecule has 0 heteroatoms. The second-order valence-corrected chi connectivity index (χ2v) is 9.61. The van der Waals surface area contributed by atoms with Gasteiger partial charge in [-0.3, -0.25) is 0 Å². The SMILES string of the molecule is CCC(C)CCCCCCCCCCCCCCCCCCCC(C)CC. The maximum Gasteiger partial charge on any atom is -0.0445 e. The Morgan fingerprint density at radius 1 is 0.333 bits per heavy atom. The Kier molecular flexibility index (Phi) is 22.3. The van der Waals surface area contributed by atoms with Gasteiger partial charge in [0.25, 0.3) is 0 Å². The summed E-state index contributed by atoms with van der Waals surface area (Å²) < 4.78 is 0. The topological polar surface area (TPSA) is 0 Å². The predicted molar refractivity (Wildman–Crippen MR) is 127 cm³/mol. The summed E-state index contributed by atoms with van der Waals surface area (Å²) in [5, 5.41) is 0. The van der Waals surface area contributed by atoms with E-state index in [0.29, 0.717) is 0 Å². The molecular formula is C27H56. The second-order valence-electron chi connectivity index (χ2n) is 9.61. The first kappa shape index (κ1) is 27.0. The zero-order chi connectivity index (χ0) is 20.0. The third kappa shape index (κ3) is 22.2. The minimum atomic E-state index is 0.949. The van der Waals surface area contributed by atoms with Crippen LogP contribution in [0.25, 0.3) is 0 Å². The molecule has 0 rings (SSSR count). The molecule has 0 saturated heterocycles. The molecule has 0 amide bonds. The lowest BCUT2D eigenvalue weighted by molar-refractivity contribution is 0.466. The van der Waals surface area contributed by atoms with E-state index >= 15 is 0 Å². The van der Waals surface area contributed by atoms with Crippen LogP contribution in [0.2, 0.25) is 0 Å². The largest absolute Gasteiger partial charge is 0.0651 e. The molecule has 0 aromatic heterocycles. The van der Waals surface area contributed by atoms with E-state index in [-0.39, 0.29) is 0 Å². The lowest BCUT2D eigenvalue weighted by Crippen LogP contribution is -1.91. The molecule has 0 aliphatic rings. The van der Waals surface area contributed by atoms with Crippen molar-refractivity contribution in [3.05, 3.63) is 0 Å². The molecule has 0 nitrogen and oxygen atoms in total.